The van der Waals surface area contributed by atoms with E-state index in [0.29, 0.717) is 0 Å². The number of benzene rings is 2. The maximum absolute atomic E-state index is 13.2. The number of hydrogen-bond donors (Lipinski definition) is 1. The third kappa shape index (κ3) is 3.57. The van der Waals surface area contributed by atoms with Gasteiger partial charge >= 0.3 is 0 Å². The first-order chi connectivity index (χ1) is 8.97. The van der Waals surface area contributed by atoms with Crippen LogP contribution in [-0.2, 0) is 0 Å². The summed E-state index contributed by atoms with van der Waals surface area (Å²) in [4.78, 5) is 0. The van der Waals surface area contributed by atoms with Gasteiger partial charge in [-0.3, -0.25) is 0 Å². The molecule has 0 radical (unpaired) electrons. The average Bonchev–Trinajstić information content (AvgIpc) is 2.33. The molecule has 19 heavy (non-hydrogen) atoms. The van der Waals surface area contributed by atoms with Crippen molar-refractivity contribution < 1.29 is 4.39 Å². The van der Waals surface area contributed by atoms with E-state index in [2.05, 4.69) is 37.2 Å². The van der Waals surface area contributed by atoms with Crippen molar-refractivity contribution in [3.8, 4) is 0 Å². The summed E-state index contributed by atoms with van der Waals surface area (Å²) in [7, 11) is 0. The molecule has 0 aliphatic carbocycles. The van der Waals surface area contributed by atoms with Crippen LogP contribution in [0.1, 0.15) is 24.1 Å². The van der Waals surface area contributed by atoms with E-state index in [1.807, 2.05) is 32.0 Å². The van der Waals surface area contributed by atoms with Gasteiger partial charge in [0.1, 0.15) is 5.82 Å². The van der Waals surface area contributed by atoms with Gasteiger partial charge in [0.15, 0.2) is 0 Å². The van der Waals surface area contributed by atoms with Crippen molar-refractivity contribution in [3.05, 3.63) is 62.3 Å². The molecule has 0 saturated carbocycles. The third-order valence-corrected chi connectivity index (χ3v) is 4.15. The maximum atomic E-state index is 13.2. The number of aryl methyl sites for hydroxylation is 1. The Morgan fingerprint density at radius 1 is 1.11 bits per heavy atom. The maximum Gasteiger partial charge on any atom is 0.123 e. The van der Waals surface area contributed by atoms with E-state index in [-0.39, 0.29) is 11.9 Å². The Labute approximate surface area is 129 Å². The van der Waals surface area contributed by atoms with Gasteiger partial charge in [-0.25, -0.2) is 4.39 Å². The van der Waals surface area contributed by atoms with Crippen LogP contribution in [0, 0.1) is 12.7 Å². The van der Waals surface area contributed by atoms with Crippen molar-refractivity contribution in [3.63, 3.8) is 0 Å². The molecule has 2 aromatic rings. The molecule has 0 aromatic heterocycles. The summed E-state index contributed by atoms with van der Waals surface area (Å²) in [6.07, 6.45) is 0. The molecule has 1 atom stereocenters. The van der Waals surface area contributed by atoms with Gasteiger partial charge < -0.3 is 5.32 Å². The Morgan fingerprint density at radius 3 is 2.32 bits per heavy atom. The zero-order chi connectivity index (χ0) is 14.0. The lowest BCUT2D eigenvalue weighted by Gasteiger charge is -2.18. The number of rotatable bonds is 3. The molecular weight excluding hydrogens is 373 g/mol. The second-order valence-corrected chi connectivity index (χ2v) is 6.23. The second kappa shape index (κ2) is 6.06. The zero-order valence-corrected chi connectivity index (χ0v) is 13.8. The highest BCUT2D eigenvalue weighted by molar-refractivity contribution is 9.11. The number of anilines is 1. The lowest BCUT2D eigenvalue weighted by molar-refractivity contribution is 0.623. The monoisotopic (exact) mass is 385 g/mol. The third-order valence-electron chi connectivity index (χ3n) is 2.90. The quantitative estimate of drug-likeness (QED) is 0.699. The Balaban J connectivity index is 2.26. The molecule has 1 nitrogen and oxygen atoms in total. The molecule has 0 fully saturated rings. The fraction of sp³-hybridized carbons (Fsp3) is 0.200. The molecule has 0 heterocycles. The van der Waals surface area contributed by atoms with Crippen LogP contribution in [0.5, 0.6) is 0 Å². The standard InChI is InChI=1S/C15H14Br2FN/c1-9-6-13(16)15(14(17)7-9)19-10(2)11-4-3-5-12(18)8-11/h3-8,10,19H,1-2H3. The van der Waals surface area contributed by atoms with Crippen molar-refractivity contribution in [1.29, 1.82) is 0 Å². The first-order valence-corrected chi connectivity index (χ1v) is 7.53. The Hall–Kier alpha value is -0.870. The van der Waals surface area contributed by atoms with Gasteiger partial charge in [0.25, 0.3) is 0 Å². The summed E-state index contributed by atoms with van der Waals surface area (Å²) in [5.74, 6) is -0.215. The predicted molar refractivity (Wildman–Crippen MR) is 85.0 cm³/mol. The first-order valence-electron chi connectivity index (χ1n) is 5.95. The molecule has 100 valence electrons. The summed E-state index contributed by atoms with van der Waals surface area (Å²) >= 11 is 7.09. The van der Waals surface area contributed by atoms with Crippen LogP contribution >= 0.6 is 31.9 Å². The van der Waals surface area contributed by atoms with Gasteiger partial charge in [-0.1, -0.05) is 12.1 Å². The first kappa shape index (κ1) is 14.5. The van der Waals surface area contributed by atoms with Crippen molar-refractivity contribution in [1.82, 2.24) is 0 Å². The van der Waals surface area contributed by atoms with Crippen LogP contribution in [-0.4, -0.2) is 0 Å². The molecule has 1 N–H and O–H groups in total. The molecule has 0 bridgehead atoms. The fourth-order valence-corrected chi connectivity index (χ4v) is 3.56. The molecule has 0 amide bonds. The lowest BCUT2D eigenvalue weighted by atomic mass is 10.1. The predicted octanol–water partition coefficient (Wildman–Crippen LogP) is 5.83. The van der Waals surface area contributed by atoms with Gasteiger partial charge in [0.05, 0.1) is 5.69 Å². The average molecular weight is 387 g/mol. The Morgan fingerprint density at radius 2 is 1.74 bits per heavy atom. The van der Waals surface area contributed by atoms with Gasteiger partial charge in [-0.15, -0.1) is 0 Å². The van der Waals surface area contributed by atoms with Crippen molar-refractivity contribution >= 4 is 37.5 Å². The molecule has 0 aliphatic rings. The van der Waals surface area contributed by atoms with E-state index in [4.69, 9.17) is 0 Å². The number of halogens is 3. The van der Waals surface area contributed by atoms with Crippen LogP contribution in [0.15, 0.2) is 45.3 Å². The van der Waals surface area contributed by atoms with Crippen LogP contribution in [0.25, 0.3) is 0 Å². The number of hydrogen-bond acceptors (Lipinski definition) is 1. The molecule has 0 saturated heterocycles. The zero-order valence-electron chi connectivity index (χ0n) is 10.7. The van der Waals surface area contributed by atoms with Crippen LogP contribution in [0.2, 0.25) is 0 Å². The van der Waals surface area contributed by atoms with Gasteiger partial charge in [0, 0.05) is 15.0 Å². The SMILES string of the molecule is Cc1cc(Br)c(NC(C)c2cccc(F)c2)c(Br)c1. The minimum atomic E-state index is -0.215. The van der Waals surface area contributed by atoms with Gasteiger partial charge in [0.2, 0.25) is 0 Å². The highest BCUT2D eigenvalue weighted by Crippen LogP contribution is 2.34. The van der Waals surface area contributed by atoms with Crippen molar-refractivity contribution in [2.45, 2.75) is 19.9 Å². The Kier molecular flexibility index (Phi) is 4.63. The van der Waals surface area contributed by atoms with Crippen molar-refractivity contribution in [2.24, 2.45) is 0 Å². The molecule has 4 heteroatoms. The van der Waals surface area contributed by atoms with E-state index in [9.17, 15) is 4.39 Å². The summed E-state index contributed by atoms with van der Waals surface area (Å²) in [5.41, 5.74) is 3.06. The number of nitrogens with one attached hydrogen (secondary N) is 1. The second-order valence-electron chi connectivity index (χ2n) is 4.52. The van der Waals surface area contributed by atoms with E-state index >= 15 is 0 Å². The Bertz CT molecular complexity index is 575. The topological polar surface area (TPSA) is 12.0 Å². The van der Waals surface area contributed by atoms with Crippen LogP contribution in [0.4, 0.5) is 10.1 Å². The highest BCUT2D eigenvalue weighted by Gasteiger charge is 2.11. The largest absolute Gasteiger partial charge is 0.377 e. The summed E-state index contributed by atoms with van der Waals surface area (Å²) in [6, 6.07) is 10.8. The minimum Gasteiger partial charge on any atom is -0.377 e. The van der Waals surface area contributed by atoms with Crippen molar-refractivity contribution in [2.75, 3.05) is 5.32 Å². The summed E-state index contributed by atoms with van der Waals surface area (Å²) < 4.78 is 15.2. The summed E-state index contributed by atoms with van der Waals surface area (Å²) in [6.45, 7) is 4.04. The van der Waals surface area contributed by atoms with E-state index < -0.39 is 0 Å². The molecule has 1 unspecified atom stereocenters. The molecule has 0 spiro atoms. The van der Waals surface area contributed by atoms with E-state index in [0.717, 1.165) is 20.2 Å². The smallest absolute Gasteiger partial charge is 0.123 e. The van der Waals surface area contributed by atoms with E-state index in [1.54, 1.807) is 12.1 Å². The van der Waals surface area contributed by atoms with Gasteiger partial charge in [-0.05, 0) is 81.1 Å². The molecule has 2 aromatic carbocycles. The lowest BCUT2D eigenvalue weighted by Crippen LogP contribution is -2.08. The fourth-order valence-electron chi connectivity index (χ4n) is 1.91. The van der Waals surface area contributed by atoms with E-state index in [1.165, 1.54) is 11.6 Å². The normalized spacial score (nSPS) is 12.3. The van der Waals surface area contributed by atoms with Gasteiger partial charge in [-0.2, -0.15) is 0 Å². The summed E-state index contributed by atoms with van der Waals surface area (Å²) in [5, 5.41) is 3.39. The van der Waals surface area contributed by atoms with Crippen LogP contribution < -0.4 is 5.32 Å². The molecule has 0 aliphatic heterocycles. The molecule has 2 rings (SSSR count). The highest BCUT2D eigenvalue weighted by atomic mass is 79.9. The minimum absolute atomic E-state index is 0.0195. The molecular formula is C15H14Br2FN. The van der Waals surface area contributed by atoms with Crippen LogP contribution in [0.3, 0.4) is 0 Å².